The van der Waals surface area contributed by atoms with E-state index in [1.54, 1.807) is 0 Å². The van der Waals surface area contributed by atoms with E-state index in [0.29, 0.717) is 10.9 Å². The fourth-order valence-corrected chi connectivity index (χ4v) is 3.47. The van der Waals surface area contributed by atoms with Gasteiger partial charge in [0, 0.05) is 28.8 Å². The van der Waals surface area contributed by atoms with Crippen LogP contribution in [0, 0.1) is 5.92 Å². The fraction of sp³-hybridized carbons (Fsp3) is 0.500. The molecule has 0 bridgehead atoms. The van der Waals surface area contributed by atoms with E-state index in [9.17, 15) is 0 Å². The zero-order valence-corrected chi connectivity index (χ0v) is 13.6. The Morgan fingerprint density at radius 1 is 1.58 bits per heavy atom. The SMILES string of the molecule is CCN1CCC(CNc2cccc(Br)c2C(N)=S)C1. The minimum absolute atomic E-state index is 0.427. The molecule has 1 aromatic rings. The molecule has 0 aromatic heterocycles. The van der Waals surface area contributed by atoms with Crippen LogP contribution in [0.15, 0.2) is 22.7 Å². The number of hydrogen-bond acceptors (Lipinski definition) is 3. The van der Waals surface area contributed by atoms with Gasteiger partial charge in [0.25, 0.3) is 0 Å². The number of halogens is 1. The molecule has 1 fully saturated rings. The molecule has 1 aliphatic rings. The van der Waals surface area contributed by atoms with Crippen molar-refractivity contribution in [3.63, 3.8) is 0 Å². The van der Waals surface area contributed by atoms with Crippen molar-refractivity contribution in [3.05, 3.63) is 28.2 Å². The number of anilines is 1. The van der Waals surface area contributed by atoms with E-state index < -0.39 is 0 Å². The highest BCUT2D eigenvalue weighted by Crippen LogP contribution is 2.25. The van der Waals surface area contributed by atoms with Gasteiger partial charge in [-0.3, -0.25) is 0 Å². The predicted octanol–water partition coefficient (Wildman–Crippen LogP) is 2.84. The standard InChI is InChI=1S/C14H20BrN3S/c1-2-18-7-6-10(9-18)8-17-12-5-3-4-11(15)13(12)14(16)19/h3-5,10,17H,2,6-9H2,1H3,(H2,16,19). The number of thiocarbonyl (C=S) groups is 1. The van der Waals surface area contributed by atoms with Crippen LogP contribution >= 0.6 is 28.1 Å². The predicted molar refractivity (Wildman–Crippen MR) is 88.7 cm³/mol. The molecule has 1 aliphatic heterocycles. The summed E-state index contributed by atoms with van der Waals surface area (Å²) in [5.74, 6) is 0.707. The van der Waals surface area contributed by atoms with Crippen molar-refractivity contribution < 1.29 is 0 Å². The van der Waals surface area contributed by atoms with E-state index in [2.05, 4.69) is 33.1 Å². The first-order valence-corrected chi connectivity index (χ1v) is 7.86. The second-order valence-corrected chi connectivity index (χ2v) is 6.25. The average molecular weight is 342 g/mol. The lowest BCUT2D eigenvalue weighted by molar-refractivity contribution is 0.345. The first kappa shape index (κ1) is 14.8. The van der Waals surface area contributed by atoms with Gasteiger partial charge in [-0.15, -0.1) is 0 Å². The third-order valence-corrected chi connectivity index (χ3v) is 4.52. The highest BCUT2D eigenvalue weighted by Gasteiger charge is 2.21. The van der Waals surface area contributed by atoms with Gasteiger partial charge in [-0.25, -0.2) is 0 Å². The number of rotatable bonds is 5. The quantitative estimate of drug-likeness (QED) is 0.808. The Bertz CT molecular complexity index is 464. The molecule has 0 radical (unpaired) electrons. The van der Waals surface area contributed by atoms with Crippen LogP contribution in [0.2, 0.25) is 0 Å². The number of nitrogens with two attached hydrogens (primary N) is 1. The lowest BCUT2D eigenvalue weighted by Gasteiger charge is -2.17. The Morgan fingerprint density at radius 2 is 2.37 bits per heavy atom. The summed E-state index contributed by atoms with van der Waals surface area (Å²) in [5, 5.41) is 3.50. The summed E-state index contributed by atoms with van der Waals surface area (Å²) in [7, 11) is 0. The molecule has 0 aliphatic carbocycles. The molecular weight excluding hydrogens is 322 g/mol. The maximum absolute atomic E-state index is 5.80. The van der Waals surface area contributed by atoms with Gasteiger partial charge in [0.15, 0.2) is 0 Å². The van der Waals surface area contributed by atoms with Gasteiger partial charge in [-0.1, -0.05) is 25.2 Å². The lowest BCUT2D eigenvalue weighted by Crippen LogP contribution is -2.23. The molecule has 1 saturated heterocycles. The first-order chi connectivity index (χ1) is 9.11. The van der Waals surface area contributed by atoms with Crippen LogP contribution in [0.4, 0.5) is 5.69 Å². The van der Waals surface area contributed by atoms with Crippen molar-refractivity contribution in [2.24, 2.45) is 11.7 Å². The second-order valence-electron chi connectivity index (χ2n) is 4.96. The average Bonchev–Trinajstić information content (AvgIpc) is 2.83. The molecule has 1 atom stereocenters. The minimum Gasteiger partial charge on any atom is -0.389 e. The third kappa shape index (κ3) is 3.68. The second kappa shape index (κ2) is 6.68. The first-order valence-electron chi connectivity index (χ1n) is 6.66. The molecule has 2 rings (SSSR count). The largest absolute Gasteiger partial charge is 0.389 e. The molecule has 5 heteroatoms. The van der Waals surface area contributed by atoms with Crippen LogP contribution in [0.25, 0.3) is 0 Å². The molecule has 1 aromatic carbocycles. The molecule has 19 heavy (non-hydrogen) atoms. The summed E-state index contributed by atoms with van der Waals surface area (Å²) in [4.78, 5) is 2.92. The minimum atomic E-state index is 0.427. The van der Waals surface area contributed by atoms with Gasteiger partial charge < -0.3 is 16.0 Å². The number of nitrogens with one attached hydrogen (secondary N) is 1. The highest BCUT2D eigenvalue weighted by atomic mass is 79.9. The van der Waals surface area contributed by atoms with E-state index in [1.807, 2.05) is 18.2 Å². The van der Waals surface area contributed by atoms with Crippen molar-refractivity contribution in [1.29, 1.82) is 0 Å². The molecule has 3 N–H and O–H groups in total. The van der Waals surface area contributed by atoms with E-state index in [-0.39, 0.29) is 0 Å². The van der Waals surface area contributed by atoms with E-state index in [4.69, 9.17) is 18.0 Å². The van der Waals surface area contributed by atoms with Crippen LogP contribution < -0.4 is 11.1 Å². The molecule has 1 heterocycles. The van der Waals surface area contributed by atoms with Gasteiger partial charge in [0.05, 0.1) is 0 Å². The summed E-state index contributed by atoms with van der Waals surface area (Å²) in [6, 6.07) is 6.00. The van der Waals surface area contributed by atoms with Crippen LogP contribution in [0.1, 0.15) is 18.9 Å². The molecule has 0 amide bonds. The summed E-state index contributed by atoms with van der Waals surface area (Å²) in [6.45, 7) is 6.73. The van der Waals surface area contributed by atoms with E-state index in [0.717, 1.165) is 28.8 Å². The molecule has 104 valence electrons. The van der Waals surface area contributed by atoms with Crippen molar-refractivity contribution in [3.8, 4) is 0 Å². The molecule has 0 spiro atoms. The monoisotopic (exact) mass is 341 g/mol. The van der Waals surface area contributed by atoms with E-state index in [1.165, 1.54) is 19.5 Å². The smallest absolute Gasteiger partial charge is 0.107 e. The van der Waals surface area contributed by atoms with Gasteiger partial charge in [-0.05, 0) is 53.5 Å². The van der Waals surface area contributed by atoms with Crippen LogP contribution in [0.3, 0.4) is 0 Å². The Labute approximate surface area is 128 Å². The zero-order chi connectivity index (χ0) is 13.8. The Kier molecular flexibility index (Phi) is 5.19. The maximum Gasteiger partial charge on any atom is 0.107 e. The Balaban J connectivity index is 2.00. The number of benzene rings is 1. The van der Waals surface area contributed by atoms with Crippen LogP contribution in [-0.2, 0) is 0 Å². The van der Waals surface area contributed by atoms with Gasteiger partial charge in [0.1, 0.15) is 4.99 Å². The fourth-order valence-electron chi connectivity index (χ4n) is 2.54. The van der Waals surface area contributed by atoms with Gasteiger partial charge in [-0.2, -0.15) is 0 Å². The van der Waals surface area contributed by atoms with Crippen molar-refractivity contribution >= 4 is 38.8 Å². The topological polar surface area (TPSA) is 41.3 Å². The number of nitrogens with zero attached hydrogens (tertiary/aromatic N) is 1. The van der Waals surface area contributed by atoms with Crippen LogP contribution in [-0.4, -0.2) is 36.1 Å². The van der Waals surface area contributed by atoms with Crippen molar-refractivity contribution in [1.82, 2.24) is 4.90 Å². The number of hydrogen-bond donors (Lipinski definition) is 2. The molecular formula is C14H20BrN3S. The molecule has 1 unspecified atom stereocenters. The lowest BCUT2D eigenvalue weighted by atomic mass is 10.1. The summed E-state index contributed by atoms with van der Waals surface area (Å²) in [5.41, 5.74) is 7.73. The summed E-state index contributed by atoms with van der Waals surface area (Å²) < 4.78 is 0.951. The van der Waals surface area contributed by atoms with Gasteiger partial charge >= 0.3 is 0 Å². The Morgan fingerprint density at radius 3 is 3.00 bits per heavy atom. The van der Waals surface area contributed by atoms with Crippen LogP contribution in [0.5, 0.6) is 0 Å². The van der Waals surface area contributed by atoms with Gasteiger partial charge in [0.2, 0.25) is 0 Å². The van der Waals surface area contributed by atoms with E-state index >= 15 is 0 Å². The third-order valence-electron chi connectivity index (χ3n) is 3.66. The molecule has 0 saturated carbocycles. The zero-order valence-electron chi connectivity index (χ0n) is 11.2. The number of likely N-dealkylation sites (tertiary alicyclic amines) is 1. The molecule has 3 nitrogen and oxygen atoms in total. The summed E-state index contributed by atoms with van der Waals surface area (Å²) in [6.07, 6.45) is 1.26. The highest BCUT2D eigenvalue weighted by molar-refractivity contribution is 9.10. The van der Waals surface area contributed by atoms with Crippen molar-refractivity contribution in [2.75, 3.05) is 31.5 Å². The maximum atomic E-state index is 5.80. The summed E-state index contributed by atoms with van der Waals surface area (Å²) >= 11 is 8.63. The van der Waals surface area contributed by atoms with Crippen molar-refractivity contribution in [2.45, 2.75) is 13.3 Å². The normalized spacial score (nSPS) is 19.6. The Hall–Kier alpha value is -0.650.